The number of sulfonamides is 1. The molecule has 2 aromatic heterocycles. The van der Waals surface area contributed by atoms with Crippen LogP contribution in [0, 0.1) is 13.8 Å². The maximum Gasteiger partial charge on any atom is 0.256 e. The van der Waals surface area contributed by atoms with Gasteiger partial charge >= 0.3 is 0 Å². The van der Waals surface area contributed by atoms with Crippen LogP contribution in [-0.4, -0.2) is 35.1 Å². The lowest BCUT2D eigenvalue weighted by atomic mass is 10.1. The second-order valence-electron chi connectivity index (χ2n) is 6.97. The molecule has 28 heavy (non-hydrogen) atoms. The number of benzene rings is 1. The molecule has 148 valence electrons. The summed E-state index contributed by atoms with van der Waals surface area (Å²) in [6.07, 6.45) is 0. The summed E-state index contributed by atoms with van der Waals surface area (Å²) in [4.78, 5) is 17.5. The lowest BCUT2D eigenvalue weighted by molar-refractivity contribution is 0.102. The molecule has 1 amide bonds. The number of anilines is 1. The van der Waals surface area contributed by atoms with E-state index in [9.17, 15) is 13.2 Å². The summed E-state index contributed by atoms with van der Waals surface area (Å²) in [5.74, 6) is -0.303. The van der Waals surface area contributed by atoms with Gasteiger partial charge in [0.2, 0.25) is 10.0 Å². The normalized spacial score (nSPS) is 11.9. The van der Waals surface area contributed by atoms with Crippen molar-refractivity contribution in [3.63, 3.8) is 0 Å². The third-order valence-corrected chi connectivity index (χ3v) is 5.83. The van der Waals surface area contributed by atoms with Gasteiger partial charge in [0.05, 0.1) is 21.5 Å². The highest BCUT2D eigenvalue weighted by molar-refractivity contribution is 7.89. The Morgan fingerprint density at radius 2 is 1.79 bits per heavy atom. The van der Waals surface area contributed by atoms with Crippen molar-refractivity contribution in [1.29, 1.82) is 0 Å². The Bertz CT molecular complexity index is 1150. The molecule has 0 spiro atoms. The first kappa shape index (κ1) is 20.0. The molecule has 2 N–H and O–H groups in total. The highest BCUT2D eigenvalue weighted by Gasteiger charge is 2.19. The molecule has 8 nitrogen and oxygen atoms in total. The van der Waals surface area contributed by atoms with E-state index in [0.717, 1.165) is 5.69 Å². The molecule has 3 rings (SSSR count). The van der Waals surface area contributed by atoms with Crippen molar-refractivity contribution in [1.82, 2.24) is 19.5 Å². The summed E-state index contributed by atoms with van der Waals surface area (Å²) in [6, 6.07) is 7.57. The molecule has 0 fully saturated rings. The van der Waals surface area contributed by atoms with E-state index in [-0.39, 0.29) is 16.8 Å². The standard InChI is InChI=1S/C19H23N5O3S/c1-11(2)23-28(26,27)15-8-6-14(7-9-15)21-19(25)16-10-12(3)20-18-17(16)13(4)22-24(18)5/h6-11,23H,1-5H3,(H,21,25). The van der Waals surface area contributed by atoms with Gasteiger partial charge in [0, 0.05) is 24.5 Å². The number of amides is 1. The fraction of sp³-hybridized carbons (Fsp3) is 0.316. The summed E-state index contributed by atoms with van der Waals surface area (Å²) in [5.41, 5.74) is 3.05. The highest BCUT2D eigenvalue weighted by Crippen LogP contribution is 2.23. The summed E-state index contributed by atoms with van der Waals surface area (Å²) in [5, 5.41) is 7.86. The molecule has 0 radical (unpaired) electrons. The van der Waals surface area contributed by atoms with Gasteiger partial charge in [-0.05, 0) is 58.0 Å². The largest absolute Gasteiger partial charge is 0.322 e. The van der Waals surface area contributed by atoms with Crippen molar-refractivity contribution < 1.29 is 13.2 Å². The van der Waals surface area contributed by atoms with E-state index in [2.05, 4.69) is 20.1 Å². The summed E-state index contributed by atoms with van der Waals surface area (Å²) in [6.45, 7) is 7.16. The minimum Gasteiger partial charge on any atom is -0.322 e. The van der Waals surface area contributed by atoms with Crippen LogP contribution in [-0.2, 0) is 17.1 Å². The number of fused-ring (bicyclic) bond motifs is 1. The topological polar surface area (TPSA) is 106 Å². The van der Waals surface area contributed by atoms with Crippen LogP contribution in [0.2, 0.25) is 0 Å². The van der Waals surface area contributed by atoms with E-state index in [1.807, 2.05) is 13.8 Å². The molecule has 2 heterocycles. The molecule has 0 bridgehead atoms. The molecular formula is C19H23N5O3S. The lowest BCUT2D eigenvalue weighted by Gasteiger charge is -2.11. The van der Waals surface area contributed by atoms with Crippen LogP contribution in [0.3, 0.4) is 0 Å². The second kappa shape index (κ2) is 7.33. The fourth-order valence-electron chi connectivity index (χ4n) is 3.04. The Kier molecular flexibility index (Phi) is 5.22. The van der Waals surface area contributed by atoms with E-state index < -0.39 is 10.0 Å². The number of pyridine rings is 1. The Balaban J connectivity index is 1.89. The van der Waals surface area contributed by atoms with Gasteiger partial charge in [-0.2, -0.15) is 5.10 Å². The summed E-state index contributed by atoms with van der Waals surface area (Å²) >= 11 is 0. The SMILES string of the molecule is Cc1cc(C(=O)Nc2ccc(S(=O)(=O)NC(C)C)cc2)c2c(C)nn(C)c2n1. The van der Waals surface area contributed by atoms with Gasteiger partial charge in [0.15, 0.2) is 5.65 Å². The average Bonchev–Trinajstić information content (AvgIpc) is 2.87. The highest BCUT2D eigenvalue weighted by atomic mass is 32.2. The van der Waals surface area contributed by atoms with Gasteiger partial charge in [-0.25, -0.2) is 18.1 Å². The second-order valence-corrected chi connectivity index (χ2v) is 8.69. The Hall–Kier alpha value is -2.78. The first-order valence-corrected chi connectivity index (χ1v) is 10.3. The first-order chi connectivity index (χ1) is 13.1. The number of carbonyl (C=O) groups excluding carboxylic acids is 1. The molecule has 0 aliphatic heterocycles. The summed E-state index contributed by atoms with van der Waals surface area (Å²) < 4.78 is 28.6. The first-order valence-electron chi connectivity index (χ1n) is 8.83. The predicted octanol–water partition coefficient (Wildman–Crippen LogP) is 2.52. The van der Waals surface area contributed by atoms with Crippen molar-refractivity contribution in [2.45, 2.75) is 38.6 Å². The fourth-order valence-corrected chi connectivity index (χ4v) is 4.29. The minimum atomic E-state index is -3.58. The molecule has 0 atom stereocenters. The quantitative estimate of drug-likeness (QED) is 0.683. The van der Waals surface area contributed by atoms with Crippen LogP contribution >= 0.6 is 0 Å². The molecule has 0 unspecified atom stereocenters. The molecule has 0 aliphatic rings. The van der Waals surface area contributed by atoms with E-state index in [1.54, 1.807) is 43.8 Å². The third kappa shape index (κ3) is 3.90. The number of nitrogens with one attached hydrogen (secondary N) is 2. The minimum absolute atomic E-state index is 0.143. The van der Waals surface area contributed by atoms with Crippen molar-refractivity contribution in [3.05, 3.63) is 47.3 Å². The molecule has 0 aliphatic carbocycles. The number of aryl methyl sites for hydroxylation is 3. The predicted molar refractivity (Wildman–Crippen MR) is 108 cm³/mol. The molecule has 0 saturated heterocycles. The van der Waals surface area contributed by atoms with Crippen molar-refractivity contribution in [3.8, 4) is 0 Å². The number of rotatable bonds is 5. The van der Waals surface area contributed by atoms with Gasteiger partial charge in [-0.15, -0.1) is 0 Å². The van der Waals surface area contributed by atoms with Crippen LogP contribution in [0.1, 0.15) is 35.6 Å². The number of hydrogen-bond acceptors (Lipinski definition) is 5. The average molecular weight is 401 g/mol. The number of carbonyl (C=O) groups is 1. The maximum atomic E-state index is 12.9. The Labute approximate surface area is 164 Å². The number of nitrogens with zero attached hydrogens (tertiary/aromatic N) is 3. The van der Waals surface area contributed by atoms with Gasteiger partial charge in [-0.1, -0.05) is 0 Å². The van der Waals surface area contributed by atoms with Crippen LogP contribution in [0.25, 0.3) is 11.0 Å². The monoisotopic (exact) mass is 401 g/mol. The Morgan fingerprint density at radius 3 is 2.39 bits per heavy atom. The smallest absolute Gasteiger partial charge is 0.256 e. The van der Waals surface area contributed by atoms with Crippen LogP contribution in [0.4, 0.5) is 5.69 Å². The van der Waals surface area contributed by atoms with Crippen LogP contribution in [0.5, 0.6) is 0 Å². The molecule has 1 aromatic carbocycles. The van der Waals surface area contributed by atoms with Crippen molar-refractivity contribution >= 4 is 32.7 Å². The number of aromatic nitrogens is 3. The van der Waals surface area contributed by atoms with E-state index >= 15 is 0 Å². The van der Waals surface area contributed by atoms with Crippen LogP contribution < -0.4 is 10.0 Å². The maximum absolute atomic E-state index is 12.9. The van der Waals surface area contributed by atoms with Crippen molar-refractivity contribution in [2.24, 2.45) is 7.05 Å². The van der Waals surface area contributed by atoms with Gasteiger partial charge in [0.25, 0.3) is 5.91 Å². The van der Waals surface area contributed by atoms with Crippen LogP contribution in [0.15, 0.2) is 35.2 Å². The zero-order chi connectivity index (χ0) is 20.6. The third-order valence-electron chi connectivity index (χ3n) is 4.15. The number of hydrogen-bond donors (Lipinski definition) is 2. The van der Waals surface area contributed by atoms with Gasteiger partial charge < -0.3 is 5.32 Å². The molecular weight excluding hydrogens is 378 g/mol. The Morgan fingerprint density at radius 1 is 1.14 bits per heavy atom. The van der Waals surface area contributed by atoms with Gasteiger partial charge in [0.1, 0.15) is 0 Å². The van der Waals surface area contributed by atoms with E-state index in [4.69, 9.17) is 0 Å². The molecule has 0 saturated carbocycles. The van der Waals surface area contributed by atoms with E-state index in [1.165, 1.54) is 12.1 Å². The zero-order valence-electron chi connectivity index (χ0n) is 16.4. The van der Waals surface area contributed by atoms with Gasteiger partial charge in [-0.3, -0.25) is 9.48 Å². The lowest BCUT2D eigenvalue weighted by Crippen LogP contribution is -2.30. The zero-order valence-corrected chi connectivity index (χ0v) is 17.3. The molecule has 3 aromatic rings. The van der Waals surface area contributed by atoms with Crippen molar-refractivity contribution in [2.75, 3.05) is 5.32 Å². The summed E-state index contributed by atoms with van der Waals surface area (Å²) in [7, 11) is -1.79. The van der Waals surface area contributed by atoms with E-state index in [0.29, 0.717) is 28.0 Å². The molecule has 9 heteroatoms.